The van der Waals surface area contributed by atoms with E-state index < -0.39 is 0 Å². The Labute approximate surface area is 140 Å². The van der Waals surface area contributed by atoms with Crippen molar-refractivity contribution in [3.8, 4) is 5.75 Å². The van der Waals surface area contributed by atoms with Gasteiger partial charge >= 0.3 is 0 Å². The Kier molecular flexibility index (Phi) is 5.31. The van der Waals surface area contributed by atoms with Gasteiger partial charge in [-0.15, -0.1) is 0 Å². The first-order valence-electron chi connectivity index (χ1n) is 7.31. The molecule has 0 aliphatic rings. The number of rotatable bonds is 5. The average molecular weight is 327 g/mol. The second-order valence-corrected chi connectivity index (χ2v) is 5.11. The van der Waals surface area contributed by atoms with Gasteiger partial charge in [-0.2, -0.15) is 4.98 Å². The van der Waals surface area contributed by atoms with Gasteiger partial charge in [0.15, 0.2) is 5.84 Å². The Bertz CT molecular complexity index is 782. The molecule has 0 spiro atoms. The number of benzene rings is 1. The Morgan fingerprint density at radius 2 is 2.04 bits per heavy atom. The first-order valence-corrected chi connectivity index (χ1v) is 7.31. The maximum Gasteiger partial charge on any atom is 0.229 e. The zero-order valence-corrected chi connectivity index (χ0v) is 14.1. The molecule has 8 nitrogen and oxygen atoms in total. The first-order chi connectivity index (χ1) is 11.4. The molecule has 0 aliphatic carbocycles. The lowest BCUT2D eigenvalue weighted by molar-refractivity contribution is 0.414. The molecule has 24 heavy (non-hydrogen) atoms. The third kappa shape index (κ3) is 4.19. The van der Waals surface area contributed by atoms with Crippen LogP contribution >= 0.6 is 0 Å². The van der Waals surface area contributed by atoms with Gasteiger partial charge in [-0.05, 0) is 32.0 Å². The molecule has 8 heteroatoms. The van der Waals surface area contributed by atoms with Crippen molar-refractivity contribution in [2.24, 2.45) is 10.7 Å². The van der Waals surface area contributed by atoms with Crippen LogP contribution in [0.25, 0.3) is 0 Å². The van der Waals surface area contributed by atoms with Crippen LogP contribution in [0.5, 0.6) is 5.75 Å². The summed E-state index contributed by atoms with van der Waals surface area (Å²) in [6.07, 6.45) is 0. The Morgan fingerprint density at radius 3 is 2.67 bits per heavy atom. The molecule has 0 amide bonds. The van der Waals surface area contributed by atoms with Crippen LogP contribution in [0.15, 0.2) is 29.3 Å². The van der Waals surface area contributed by atoms with E-state index in [4.69, 9.17) is 15.9 Å². The molecule has 1 aromatic heterocycles. The molecule has 0 bridgehead atoms. The maximum absolute atomic E-state index is 8.06. The number of ether oxygens (including phenoxy) is 1. The standard InChI is InChI=1S/C16H21N7O/c1-9-7-14(19-3)23-16(20-9)22-11-5-6-13(24-4)12(8-11)15(18)21-10(2)17/h5-8H,1-4H3,(H3,17,18,21)(H2,19,20,22,23). The van der Waals surface area contributed by atoms with Gasteiger partial charge < -0.3 is 21.1 Å². The van der Waals surface area contributed by atoms with Crippen LogP contribution in [0.3, 0.4) is 0 Å². The van der Waals surface area contributed by atoms with Gasteiger partial charge in [0.25, 0.3) is 0 Å². The minimum absolute atomic E-state index is 0.0246. The van der Waals surface area contributed by atoms with E-state index in [1.54, 1.807) is 33.2 Å². The number of nitrogens with two attached hydrogens (primary N) is 1. The molecule has 2 rings (SSSR count). The SMILES string of the molecule is CNc1cc(C)nc(Nc2ccc(OC)c(C(=N)N=C(C)N)c2)n1. The van der Waals surface area contributed by atoms with Crippen molar-refractivity contribution in [1.29, 1.82) is 5.41 Å². The molecule has 0 unspecified atom stereocenters. The fourth-order valence-electron chi connectivity index (χ4n) is 2.09. The smallest absolute Gasteiger partial charge is 0.229 e. The van der Waals surface area contributed by atoms with Gasteiger partial charge in [-0.25, -0.2) is 9.98 Å². The summed E-state index contributed by atoms with van der Waals surface area (Å²) in [5, 5.41) is 14.2. The van der Waals surface area contributed by atoms with Gasteiger partial charge in [-0.3, -0.25) is 5.41 Å². The summed E-state index contributed by atoms with van der Waals surface area (Å²) in [6, 6.07) is 7.17. The Morgan fingerprint density at radius 1 is 1.29 bits per heavy atom. The third-order valence-electron chi connectivity index (χ3n) is 3.11. The van der Waals surface area contributed by atoms with E-state index in [-0.39, 0.29) is 5.84 Å². The molecule has 1 heterocycles. The Hall–Kier alpha value is -3.16. The first kappa shape index (κ1) is 17.2. The zero-order valence-electron chi connectivity index (χ0n) is 14.1. The molecular weight excluding hydrogens is 306 g/mol. The van der Waals surface area contributed by atoms with Crippen molar-refractivity contribution in [2.45, 2.75) is 13.8 Å². The number of methoxy groups -OCH3 is 1. The van der Waals surface area contributed by atoms with Crippen molar-refractivity contribution >= 4 is 29.1 Å². The van der Waals surface area contributed by atoms with E-state index in [1.165, 1.54) is 0 Å². The summed E-state index contributed by atoms with van der Waals surface area (Å²) in [6.45, 7) is 3.52. The van der Waals surface area contributed by atoms with Crippen molar-refractivity contribution in [1.82, 2.24) is 9.97 Å². The summed E-state index contributed by atoms with van der Waals surface area (Å²) in [5.74, 6) is 2.05. The molecule has 0 saturated carbocycles. The van der Waals surface area contributed by atoms with E-state index in [2.05, 4.69) is 25.6 Å². The van der Waals surface area contributed by atoms with E-state index >= 15 is 0 Å². The monoisotopic (exact) mass is 327 g/mol. The van der Waals surface area contributed by atoms with Crippen LogP contribution in [-0.4, -0.2) is 35.8 Å². The molecular formula is C16H21N7O. The number of anilines is 3. The fourth-order valence-corrected chi connectivity index (χ4v) is 2.09. The van der Waals surface area contributed by atoms with Crippen molar-refractivity contribution in [2.75, 3.05) is 24.8 Å². The molecule has 0 saturated heterocycles. The predicted molar refractivity (Wildman–Crippen MR) is 96.7 cm³/mol. The minimum Gasteiger partial charge on any atom is -0.496 e. The summed E-state index contributed by atoms with van der Waals surface area (Å²) in [7, 11) is 3.34. The molecule has 5 N–H and O–H groups in total. The molecule has 126 valence electrons. The number of nitrogens with one attached hydrogen (secondary N) is 3. The molecule has 1 aromatic carbocycles. The second kappa shape index (κ2) is 7.40. The van der Waals surface area contributed by atoms with Crippen molar-refractivity contribution in [3.63, 3.8) is 0 Å². The molecule has 2 aromatic rings. The highest BCUT2D eigenvalue weighted by molar-refractivity contribution is 6.06. The van der Waals surface area contributed by atoms with E-state index in [9.17, 15) is 0 Å². The van der Waals surface area contributed by atoms with Crippen LogP contribution in [-0.2, 0) is 0 Å². The van der Waals surface area contributed by atoms with Gasteiger partial charge in [0.1, 0.15) is 11.6 Å². The largest absolute Gasteiger partial charge is 0.496 e. The highest BCUT2D eigenvalue weighted by Gasteiger charge is 2.11. The lowest BCUT2D eigenvalue weighted by Gasteiger charge is -2.12. The zero-order chi connectivity index (χ0) is 17.7. The van der Waals surface area contributed by atoms with Crippen LogP contribution in [0.4, 0.5) is 17.5 Å². The van der Waals surface area contributed by atoms with Gasteiger partial charge in [0, 0.05) is 24.5 Å². The average Bonchev–Trinajstić information content (AvgIpc) is 2.53. The predicted octanol–water partition coefficient (Wildman–Crippen LogP) is 2.28. The number of hydrogen-bond donors (Lipinski definition) is 4. The third-order valence-corrected chi connectivity index (χ3v) is 3.11. The topological polar surface area (TPSA) is 121 Å². The van der Waals surface area contributed by atoms with Gasteiger partial charge in [0.2, 0.25) is 5.95 Å². The number of aryl methyl sites for hydroxylation is 1. The quantitative estimate of drug-likeness (QED) is 0.494. The lowest BCUT2D eigenvalue weighted by atomic mass is 10.1. The number of aliphatic imine (C=N–C) groups is 1. The molecule has 0 fully saturated rings. The van der Waals surface area contributed by atoms with Crippen LogP contribution < -0.4 is 21.1 Å². The van der Waals surface area contributed by atoms with Crippen molar-refractivity contribution < 1.29 is 4.74 Å². The van der Waals surface area contributed by atoms with E-state index in [0.717, 1.165) is 11.5 Å². The fraction of sp³-hybridized carbons (Fsp3) is 0.250. The summed E-state index contributed by atoms with van der Waals surface area (Å²) < 4.78 is 5.29. The lowest BCUT2D eigenvalue weighted by Crippen LogP contribution is -2.10. The van der Waals surface area contributed by atoms with Crippen molar-refractivity contribution in [3.05, 3.63) is 35.5 Å². The number of hydrogen-bond acceptors (Lipinski definition) is 6. The number of aromatic nitrogens is 2. The summed E-state index contributed by atoms with van der Waals surface area (Å²) >= 11 is 0. The van der Waals surface area contributed by atoms with Crippen LogP contribution in [0.2, 0.25) is 0 Å². The van der Waals surface area contributed by atoms with E-state index in [1.807, 2.05) is 19.1 Å². The summed E-state index contributed by atoms with van der Waals surface area (Å²) in [5.41, 5.74) is 7.63. The maximum atomic E-state index is 8.06. The van der Waals surface area contributed by atoms with Gasteiger partial charge in [0.05, 0.1) is 18.5 Å². The normalized spacial score (nSPS) is 11.1. The van der Waals surface area contributed by atoms with Gasteiger partial charge in [-0.1, -0.05) is 0 Å². The second-order valence-electron chi connectivity index (χ2n) is 5.11. The minimum atomic E-state index is 0.0246. The Balaban J connectivity index is 2.37. The number of nitrogens with zero attached hydrogens (tertiary/aromatic N) is 3. The molecule has 0 radical (unpaired) electrons. The van der Waals surface area contributed by atoms with E-state index in [0.29, 0.717) is 28.8 Å². The highest BCUT2D eigenvalue weighted by atomic mass is 16.5. The summed E-state index contributed by atoms with van der Waals surface area (Å²) in [4.78, 5) is 12.7. The molecule has 0 aliphatic heterocycles. The van der Waals surface area contributed by atoms with Crippen LogP contribution in [0, 0.1) is 12.3 Å². The number of amidine groups is 2. The molecule has 0 atom stereocenters. The highest BCUT2D eigenvalue weighted by Crippen LogP contribution is 2.25. The van der Waals surface area contributed by atoms with Crippen LogP contribution in [0.1, 0.15) is 18.2 Å².